The Labute approximate surface area is 123 Å². The molecule has 106 valence electrons. The van der Waals surface area contributed by atoms with E-state index in [2.05, 4.69) is 15.9 Å². The molecule has 0 radical (unpaired) electrons. The van der Waals surface area contributed by atoms with Gasteiger partial charge in [-0.2, -0.15) is 8.78 Å². The van der Waals surface area contributed by atoms with Crippen LogP contribution >= 0.6 is 15.9 Å². The highest BCUT2D eigenvalue weighted by atomic mass is 79.9. The Morgan fingerprint density at radius 3 is 2.50 bits per heavy atom. The van der Waals surface area contributed by atoms with Crippen LogP contribution in [0.1, 0.15) is 11.1 Å². The van der Waals surface area contributed by atoms with E-state index in [1.54, 1.807) is 13.0 Å². The maximum absolute atomic E-state index is 14.2. The summed E-state index contributed by atoms with van der Waals surface area (Å²) in [4.78, 5) is 12.0. The summed E-state index contributed by atoms with van der Waals surface area (Å²) in [6.45, 7) is 0.902. The molecule has 0 bridgehead atoms. The van der Waals surface area contributed by atoms with Gasteiger partial charge in [0.05, 0.1) is 16.7 Å². The lowest BCUT2D eigenvalue weighted by atomic mass is 10.1. The zero-order valence-corrected chi connectivity index (χ0v) is 12.3. The van der Waals surface area contributed by atoms with Gasteiger partial charge in [0.15, 0.2) is 0 Å². The van der Waals surface area contributed by atoms with Gasteiger partial charge in [-0.05, 0) is 28.4 Å². The summed E-state index contributed by atoms with van der Waals surface area (Å²) in [6, 6.07) is 7.39. The molecule has 2 rings (SSSR count). The van der Waals surface area contributed by atoms with Crippen molar-refractivity contribution in [2.45, 2.75) is 19.4 Å². The summed E-state index contributed by atoms with van der Waals surface area (Å²) >= 11 is 3.09. The largest absolute Gasteiger partial charge is 0.397 e. The first-order valence-electron chi connectivity index (χ1n) is 5.91. The monoisotopic (exact) mass is 342 g/mol. The zero-order valence-electron chi connectivity index (χ0n) is 10.7. The third-order valence-corrected chi connectivity index (χ3v) is 4.00. The fraction of sp³-hybridized carbons (Fsp3) is 0.214. The third kappa shape index (κ3) is 2.75. The number of hydrogen-bond donors (Lipinski definition) is 1. The molecule has 20 heavy (non-hydrogen) atoms. The number of aromatic nitrogens is 1. The lowest BCUT2D eigenvalue weighted by Crippen LogP contribution is -2.30. The van der Waals surface area contributed by atoms with Crippen molar-refractivity contribution in [1.82, 2.24) is 4.57 Å². The van der Waals surface area contributed by atoms with E-state index < -0.39 is 18.0 Å². The maximum Gasteiger partial charge on any atom is 0.290 e. The molecule has 2 aromatic rings. The molecule has 0 aliphatic carbocycles. The van der Waals surface area contributed by atoms with Crippen molar-refractivity contribution in [2.75, 3.05) is 5.73 Å². The molecule has 0 saturated heterocycles. The van der Waals surface area contributed by atoms with E-state index in [9.17, 15) is 13.6 Å². The van der Waals surface area contributed by atoms with Gasteiger partial charge < -0.3 is 10.3 Å². The number of nitrogens with zero attached hydrogens (tertiary/aromatic N) is 1. The number of alkyl halides is 2. The summed E-state index contributed by atoms with van der Waals surface area (Å²) in [7, 11) is 0. The van der Waals surface area contributed by atoms with Crippen LogP contribution < -0.4 is 11.3 Å². The van der Waals surface area contributed by atoms with Gasteiger partial charge in [0, 0.05) is 11.8 Å². The number of nitrogens with two attached hydrogens (primary N) is 1. The van der Waals surface area contributed by atoms with Gasteiger partial charge in [-0.1, -0.05) is 30.3 Å². The third-order valence-electron chi connectivity index (χ3n) is 3.07. The summed E-state index contributed by atoms with van der Waals surface area (Å²) in [5.74, 6) is -3.15. The lowest BCUT2D eigenvalue weighted by molar-refractivity contribution is -0.0231. The number of anilines is 1. The van der Waals surface area contributed by atoms with E-state index in [-0.39, 0.29) is 10.0 Å². The van der Waals surface area contributed by atoms with E-state index >= 15 is 0 Å². The van der Waals surface area contributed by atoms with Crippen LogP contribution in [-0.2, 0) is 12.5 Å². The first kappa shape index (κ1) is 14.7. The predicted molar refractivity (Wildman–Crippen MR) is 77.9 cm³/mol. The zero-order chi connectivity index (χ0) is 14.9. The normalized spacial score (nSPS) is 11.6. The second-order valence-electron chi connectivity index (χ2n) is 4.53. The van der Waals surface area contributed by atoms with Gasteiger partial charge in [0.25, 0.3) is 11.5 Å². The Balaban J connectivity index is 2.43. The van der Waals surface area contributed by atoms with Gasteiger partial charge >= 0.3 is 0 Å². The molecule has 1 aromatic heterocycles. The molecule has 0 aliphatic heterocycles. The quantitative estimate of drug-likeness (QED) is 0.930. The highest BCUT2D eigenvalue weighted by Crippen LogP contribution is 2.30. The Kier molecular flexibility index (Phi) is 3.94. The second kappa shape index (κ2) is 5.36. The molecule has 1 aromatic carbocycles. The Bertz CT molecular complexity index is 684. The van der Waals surface area contributed by atoms with Crippen molar-refractivity contribution >= 4 is 21.6 Å². The van der Waals surface area contributed by atoms with Crippen molar-refractivity contribution in [3.8, 4) is 0 Å². The Morgan fingerprint density at radius 1 is 1.30 bits per heavy atom. The first-order chi connectivity index (χ1) is 9.33. The molecule has 0 fully saturated rings. The average molecular weight is 343 g/mol. The van der Waals surface area contributed by atoms with Crippen molar-refractivity contribution < 1.29 is 8.78 Å². The topological polar surface area (TPSA) is 48.0 Å². The van der Waals surface area contributed by atoms with E-state index in [0.29, 0.717) is 11.3 Å². The van der Waals surface area contributed by atoms with Crippen LogP contribution in [-0.4, -0.2) is 4.57 Å². The van der Waals surface area contributed by atoms with Gasteiger partial charge in [-0.25, -0.2) is 0 Å². The predicted octanol–water partition coefficient (Wildman–Crippen LogP) is 3.29. The molecule has 0 saturated carbocycles. The summed E-state index contributed by atoms with van der Waals surface area (Å²) in [5.41, 5.74) is 5.90. The minimum atomic E-state index is -3.15. The minimum Gasteiger partial charge on any atom is -0.397 e. The number of halogens is 3. The van der Waals surface area contributed by atoms with Gasteiger partial charge in [-0.3, -0.25) is 4.79 Å². The average Bonchev–Trinajstić information content (AvgIpc) is 2.43. The Hall–Kier alpha value is -1.69. The second-order valence-corrected chi connectivity index (χ2v) is 5.32. The molecule has 6 heteroatoms. The summed E-state index contributed by atoms with van der Waals surface area (Å²) < 4.78 is 29.5. The summed E-state index contributed by atoms with van der Waals surface area (Å²) in [6.07, 6.45) is 1.25. The van der Waals surface area contributed by atoms with Crippen LogP contribution in [0.2, 0.25) is 0 Å². The SMILES string of the molecule is Cc1c(N)cn(CC(F)(F)c2ccccc2)c(=O)c1Br. The van der Waals surface area contributed by atoms with Crippen LogP contribution in [0, 0.1) is 6.92 Å². The van der Waals surface area contributed by atoms with Gasteiger partial charge in [-0.15, -0.1) is 0 Å². The number of pyridine rings is 1. The van der Waals surface area contributed by atoms with Gasteiger partial charge in [0.2, 0.25) is 0 Å². The fourth-order valence-corrected chi connectivity index (χ4v) is 2.30. The summed E-state index contributed by atoms with van der Waals surface area (Å²) in [5, 5.41) is 0. The number of benzene rings is 1. The Morgan fingerprint density at radius 2 is 1.90 bits per heavy atom. The first-order valence-corrected chi connectivity index (χ1v) is 6.70. The molecule has 1 heterocycles. The smallest absolute Gasteiger partial charge is 0.290 e. The maximum atomic E-state index is 14.2. The molecule has 0 aliphatic rings. The van der Waals surface area contributed by atoms with E-state index in [1.807, 2.05) is 0 Å². The van der Waals surface area contributed by atoms with E-state index in [4.69, 9.17) is 5.73 Å². The molecule has 0 unspecified atom stereocenters. The van der Waals surface area contributed by atoms with Crippen LogP contribution in [0.15, 0.2) is 45.8 Å². The number of nitrogen functional groups attached to an aromatic ring is 1. The van der Waals surface area contributed by atoms with Crippen molar-refractivity contribution in [2.24, 2.45) is 0 Å². The van der Waals surface area contributed by atoms with E-state index in [0.717, 1.165) is 4.57 Å². The molecular formula is C14H13BrF2N2O. The highest BCUT2D eigenvalue weighted by Gasteiger charge is 2.32. The van der Waals surface area contributed by atoms with Crippen molar-refractivity contribution in [1.29, 1.82) is 0 Å². The van der Waals surface area contributed by atoms with Crippen LogP contribution in [0.5, 0.6) is 0 Å². The lowest BCUT2D eigenvalue weighted by Gasteiger charge is -2.19. The van der Waals surface area contributed by atoms with Crippen molar-refractivity contribution in [3.05, 3.63) is 62.5 Å². The van der Waals surface area contributed by atoms with Gasteiger partial charge in [0.1, 0.15) is 0 Å². The number of hydrogen-bond acceptors (Lipinski definition) is 2. The fourth-order valence-electron chi connectivity index (χ4n) is 1.84. The van der Waals surface area contributed by atoms with Crippen molar-refractivity contribution in [3.63, 3.8) is 0 Å². The highest BCUT2D eigenvalue weighted by molar-refractivity contribution is 9.10. The molecule has 2 N–H and O–H groups in total. The van der Waals surface area contributed by atoms with Crippen LogP contribution in [0.3, 0.4) is 0 Å². The molecule has 0 atom stereocenters. The molecule has 3 nitrogen and oxygen atoms in total. The van der Waals surface area contributed by atoms with Crippen LogP contribution in [0.4, 0.5) is 14.5 Å². The van der Waals surface area contributed by atoms with E-state index in [1.165, 1.54) is 30.5 Å². The molecule has 0 spiro atoms. The molecule has 0 amide bonds. The number of rotatable bonds is 3. The minimum absolute atomic E-state index is 0.137. The van der Waals surface area contributed by atoms with Crippen LogP contribution in [0.25, 0.3) is 0 Å². The standard InChI is InChI=1S/C14H13BrF2N2O/c1-9-11(18)7-19(13(20)12(9)15)8-14(16,17)10-5-3-2-4-6-10/h2-7H,8,18H2,1H3. The molecular weight excluding hydrogens is 330 g/mol.